The van der Waals surface area contributed by atoms with Gasteiger partial charge < -0.3 is 10.6 Å². The molecule has 0 radical (unpaired) electrons. The Morgan fingerprint density at radius 2 is 1.95 bits per heavy atom. The quantitative estimate of drug-likeness (QED) is 0.196. The van der Waals surface area contributed by atoms with Crippen LogP contribution in [0.5, 0.6) is 0 Å². The minimum atomic E-state index is -3.08. The average Bonchev–Trinajstić information content (AvgIpc) is 2.96. The summed E-state index contributed by atoms with van der Waals surface area (Å²) in [6.07, 6.45) is 7.12. The molecule has 2 N–H and O–H groups in total. The number of rotatable bonds is 8. The molecule has 0 bridgehead atoms. The fraction of sp³-hybridized carbons (Fsp3) is 0.786. The van der Waals surface area contributed by atoms with Gasteiger partial charge in [0.2, 0.25) is 10.0 Å². The molecule has 0 aromatic carbocycles. The molecule has 0 saturated carbocycles. The summed E-state index contributed by atoms with van der Waals surface area (Å²) in [5.41, 5.74) is 0. The summed E-state index contributed by atoms with van der Waals surface area (Å²) in [4.78, 5) is 4.50. The maximum Gasteiger partial charge on any atom is 0.213 e. The van der Waals surface area contributed by atoms with E-state index in [1.165, 1.54) is 4.31 Å². The molecule has 1 aliphatic carbocycles. The lowest BCUT2D eigenvalue weighted by molar-refractivity contribution is 0.464. The molecule has 130 valence electrons. The van der Waals surface area contributed by atoms with Crippen molar-refractivity contribution in [2.75, 3.05) is 32.4 Å². The fourth-order valence-electron chi connectivity index (χ4n) is 2.09. The molecule has 8 heteroatoms. The average molecular weight is 444 g/mol. The second kappa shape index (κ2) is 11.2. The third kappa shape index (κ3) is 7.77. The molecule has 0 aliphatic heterocycles. The van der Waals surface area contributed by atoms with Crippen molar-refractivity contribution >= 4 is 40.0 Å². The standard InChI is InChI=1S/C14H28N4O2S.HI/c1-4-15-14(17-13-9-6-7-10-13)16-11-8-12-18(3)21(19,20)5-2;/h6-7,13H,4-5,8-12H2,1-3H3,(H2,15,16,17);1H. The van der Waals surface area contributed by atoms with Gasteiger partial charge in [0.25, 0.3) is 0 Å². The third-order valence-electron chi connectivity index (χ3n) is 3.43. The molecular weight excluding hydrogens is 415 g/mol. The van der Waals surface area contributed by atoms with Crippen LogP contribution >= 0.6 is 24.0 Å². The highest BCUT2D eigenvalue weighted by Crippen LogP contribution is 2.08. The predicted octanol–water partition coefficient (Wildman–Crippen LogP) is 1.55. The van der Waals surface area contributed by atoms with Crippen LogP contribution in [0.15, 0.2) is 17.1 Å². The first-order chi connectivity index (χ1) is 9.99. The van der Waals surface area contributed by atoms with Crippen molar-refractivity contribution in [1.82, 2.24) is 14.9 Å². The van der Waals surface area contributed by atoms with Crippen molar-refractivity contribution in [3.05, 3.63) is 12.2 Å². The van der Waals surface area contributed by atoms with E-state index in [2.05, 4.69) is 27.8 Å². The fourth-order valence-corrected chi connectivity index (χ4v) is 2.94. The summed E-state index contributed by atoms with van der Waals surface area (Å²) in [5, 5.41) is 6.61. The molecule has 0 atom stereocenters. The predicted molar refractivity (Wildman–Crippen MR) is 103 cm³/mol. The normalized spacial score (nSPS) is 15.9. The summed E-state index contributed by atoms with van der Waals surface area (Å²) < 4.78 is 24.6. The molecule has 0 aromatic heterocycles. The van der Waals surface area contributed by atoms with Gasteiger partial charge in [-0.25, -0.2) is 12.7 Å². The Morgan fingerprint density at radius 3 is 2.50 bits per heavy atom. The van der Waals surface area contributed by atoms with Crippen molar-refractivity contribution in [1.29, 1.82) is 0 Å². The van der Waals surface area contributed by atoms with E-state index in [1.807, 2.05) is 6.92 Å². The summed E-state index contributed by atoms with van der Waals surface area (Å²) in [6, 6.07) is 0.422. The van der Waals surface area contributed by atoms with Crippen LogP contribution in [0.1, 0.15) is 33.1 Å². The van der Waals surface area contributed by atoms with Crippen molar-refractivity contribution in [3.8, 4) is 0 Å². The number of aliphatic imine (C=N–C) groups is 1. The largest absolute Gasteiger partial charge is 0.357 e. The van der Waals surface area contributed by atoms with Crippen LogP contribution in [-0.2, 0) is 10.0 Å². The first-order valence-corrected chi connectivity index (χ1v) is 9.24. The van der Waals surface area contributed by atoms with E-state index in [1.54, 1.807) is 14.0 Å². The Bertz CT molecular complexity index is 457. The Hall–Kier alpha value is -0.350. The Labute approximate surface area is 151 Å². The first-order valence-electron chi connectivity index (χ1n) is 7.63. The van der Waals surface area contributed by atoms with Gasteiger partial charge in [0.05, 0.1) is 5.75 Å². The lowest BCUT2D eigenvalue weighted by atomic mass is 10.2. The van der Waals surface area contributed by atoms with Crippen molar-refractivity contribution in [2.45, 2.75) is 39.2 Å². The highest BCUT2D eigenvalue weighted by Gasteiger charge is 2.14. The zero-order chi connectivity index (χ0) is 15.7. The number of hydrogen-bond acceptors (Lipinski definition) is 3. The molecule has 0 heterocycles. The number of sulfonamides is 1. The molecule has 1 rings (SSSR count). The van der Waals surface area contributed by atoms with E-state index in [0.29, 0.717) is 19.1 Å². The van der Waals surface area contributed by atoms with Crippen LogP contribution in [0.4, 0.5) is 0 Å². The molecule has 22 heavy (non-hydrogen) atoms. The number of guanidine groups is 1. The molecule has 1 aliphatic rings. The van der Waals surface area contributed by atoms with Gasteiger partial charge in [-0.3, -0.25) is 4.99 Å². The lowest BCUT2D eigenvalue weighted by Crippen LogP contribution is -2.42. The van der Waals surface area contributed by atoms with E-state index in [9.17, 15) is 8.42 Å². The van der Waals surface area contributed by atoms with Gasteiger partial charge in [-0.05, 0) is 33.1 Å². The van der Waals surface area contributed by atoms with Crippen LogP contribution in [0, 0.1) is 0 Å². The maximum atomic E-state index is 11.6. The lowest BCUT2D eigenvalue weighted by Gasteiger charge is -2.17. The molecule has 6 nitrogen and oxygen atoms in total. The summed E-state index contributed by atoms with van der Waals surface area (Å²) >= 11 is 0. The van der Waals surface area contributed by atoms with Crippen molar-refractivity contribution < 1.29 is 8.42 Å². The van der Waals surface area contributed by atoms with E-state index in [4.69, 9.17) is 0 Å². The first kappa shape index (κ1) is 21.6. The minimum absolute atomic E-state index is 0. The van der Waals surface area contributed by atoms with Crippen LogP contribution in [-0.4, -0.2) is 57.2 Å². The molecule has 0 amide bonds. The summed E-state index contributed by atoms with van der Waals surface area (Å²) in [7, 11) is -1.46. The summed E-state index contributed by atoms with van der Waals surface area (Å²) in [5.74, 6) is 0.957. The second-order valence-corrected chi connectivity index (χ2v) is 7.48. The van der Waals surface area contributed by atoms with Gasteiger partial charge in [-0.15, -0.1) is 24.0 Å². The van der Waals surface area contributed by atoms with Gasteiger partial charge >= 0.3 is 0 Å². The molecule has 0 fully saturated rings. The molecular formula is C14H29IN4O2S. The summed E-state index contributed by atoms with van der Waals surface area (Å²) in [6.45, 7) is 5.62. The molecule has 0 spiro atoms. The second-order valence-electron chi connectivity index (χ2n) is 5.12. The number of nitrogens with one attached hydrogen (secondary N) is 2. The number of nitrogens with zero attached hydrogens (tertiary/aromatic N) is 2. The van der Waals surface area contributed by atoms with Gasteiger partial charge in [-0.2, -0.15) is 0 Å². The van der Waals surface area contributed by atoms with Crippen LogP contribution in [0.3, 0.4) is 0 Å². The molecule has 0 unspecified atom stereocenters. The van der Waals surface area contributed by atoms with Gasteiger partial charge in [-0.1, -0.05) is 12.2 Å². The number of hydrogen-bond donors (Lipinski definition) is 2. The zero-order valence-electron chi connectivity index (χ0n) is 13.7. The Balaban J connectivity index is 0.00000441. The van der Waals surface area contributed by atoms with Crippen molar-refractivity contribution in [3.63, 3.8) is 0 Å². The number of halogens is 1. The highest BCUT2D eigenvalue weighted by atomic mass is 127. The van der Waals surface area contributed by atoms with Gasteiger partial charge in [0.1, 0.15) is 0 Å². The third-order valence-corrected chi connectivity index (χ3v) is 5.30. The molecule has 0 saturated heterocycles. The van der Waals surface area contributed by atoms with E-state index in [-0.39, 0.29) is 29.7 Å². The minimum Gasteiger partial charge on any atom is -0.357 e. The SMILES string of the molecule is CCNC(=NCCCN(C)S(=O)(=O)CC)NC1CC=CC1.I. The zero-order valence-corrected chi connectivity index (χ0v) is 16.9. The monoisotopic (exact) mass is 444 g/mol. The maximum absolute atomic E-state index is 11.6. The van der Waals surface area contributed by atoms with Crippen LogP contribution in [0.2, 0.25) is 0 Å². The Morgan fingerprint density at radius 1 is 1.32 bits per heavy atom. The van der Waals surface area contributed by atoms with Gasteiger partial charge in [0.15, 0.2) is 5.96 Å². The molecule has 0 aromatic rings. The topological polar surface area (TPSA) is 73.8 Å². The van der Waals surface area contributed by atoms with E-state index < -0.39 is 10.0 Å². The van der Waals surface area contributed by atoms with Gasteiger partial charge in [0, 0.05) is 32.7 Å². The Kier molecular flexibility index (Phi) is 11.0. The smallest absolute Gasteiger partial charge is 0.213 e. The van der Waals surface area contributed by atoms with Crippen LogP contribution < -0.4 is 10.6 Å². The highest BCUT2D eigenvalue weighted by molar-refractivity contribution is 14.0. The van der Waals surface area contributed by atoms with E-state index >= 15 is 0 Å². The van der Waals surface area contributed by atoms with Crippen LogP contribution in [0.25, 0.3) is 0 Å². The van der Waals surface area contributed by atoms with Crippen molar-refractivity contribution in [2.24, 2.45) is 4.99 Å². The van der Waals surface area contributed by atoms with E-state index in [0.717, 1.165) is 31.8 Å².